The molecule has 6 heteroatoms. The van der Waals surface area contributed by atoms with Crippen molar-refractivity contribution in [3.8, 4) is 0 Å². The number of cyclic esters (lactones) is 1. The van der Waals surface area contributed by atoms with Crippen molar-refractivity contribution in [3.63, 3.8) is 0 Å². The Morgan fingerprint density at radius 2 is 2.05 bits per heavy atom. The molecule has 0 bridgehead atoms. The molecule has 0 radical (unpaired) electrons. The maximum absolute atomic E-state index is 12.1. The summed E-state index contributed by atoms with van der Waals surface area (Å²) in [6.45, 7) is 6.23. The van der Waals surface area contributed by atoms with E-state index < -0.39 is 11.6 Å². The van der Waals surface area contributed by atoms with Gasteiger partial charge in [0.25, 0.3) is 0 Å². The zero-order valence-corrected chi connectivity index (χ0v) is 13.0. The van der Waals surface area contributed by atoms with Crippen molar-refractivity contribution in [2.45, 2.75) is 32.3 Å². The van der Waals surface area contributed by atoms with Crippen molar-refractivity contribution < 1.29 is 19.4 Å². The van der Waals surface area contributed by atoms with Crippen LogP contribution < -0.4 is 10.2 Å². The molecule has 22 heavy (non-hydrogen) atoms. The lowest BCUT2D eigenvalue weighted by atomic mass is 10.0. The standard InChI is InChI=1S/C16H22N2O4/c1-3-9-17-10-8-16(2)11-18(15(21)22-16)13-6-4-12(5-7-13)14(19)20/h4-7,17H,3,8-11H2,1-2H3,(H,19,20). The van der Waals surface area contributed by atoms with Crippen LogP contribution in [-0.2, 0) is 4.74 Å². The van der Waals surface area contributed by atoms with Gasteiger partial charge in [-0.3, -0.25) is 4.90 Å². The number of carbonyl (C=O) groups excluding carboxylic acids is 1. The van der Waals surface area contributed by atoms with Gasteiger partial charge >= 0.3 is 12.1 Å². The Hall–Kier alpha value is -2.08. The van der Waals surface area contributed by atoms with E-state index in [0.717, 1.165) is 25.9 Å². The molecule has 1 fully saturated rings. The van der Waals surface area contributed by atoms with Crippen molar-refractivity contribution >= 4 is 17.7 Å². The van der Waals surface area contributed by atoms with E-state index in [4.69, 9.17) is 9.84 Å². The highest BCUT2D eigenvalue weighted by atomic mass is 16.6. The quantitative estimate of drug-likeness (QED) is 0.757. The van der Waals surface area contributed by atoms with Crippen molar-refractivity contribution in [1.29, 1.82) is 0 Å². The summed E-state index contributed by atoms with van der Waals surface area (Å²) < 4.78 is 5.50. The van der Waals surface area contributed by atoms with Crippen LogP contribution in [0.3, 0.4) is 0 Å². The summed E-state index contributed by atoms with van der Waals surface area (Å²) in [6.07, 6.45) is 1.42. The Bertz CT molecular complexity index is 544. The predicted octanol–water partition coefficient (Wildman–Crippen LogP) is 2.49. The Morgan fingerprint density at radius 3 is 2.64 bits per heavy atom. The molecule has 0 saturated carbocycles. The fraction of sp³-hybridized carbons (Fsp3) is 0.500. The Labute approximate surface area is 130 Å². The van der Waals surface area contributed by atoms with Crippen LogP contribution in [0.4, 0.5) is 10.5 Å². The van der Waals surface area contributed by atoms with Gasteiger partial charge in [0, 0.05) is 12.1 Å². The molecule has 1 saturated heterocycles. The molecule has 1 aliphatic heterocycles. The fourth-order valence-electron chi connectivity index (χ4n) is 2.46. The molecule has 1 atom stereocenters. The zero-order chi connectivity index (χ0) is 16.2. The number of anilines is 1. The molecular weight excluding hydrogens is 284 g/mol. The van der Waals surface area contributed by atoms with E-state index in [-0.39, 0.29) is 11.7 Å². The third kappa shape index (κ3) is 3.76. The molecule has 1 aliphatic rings. The van der Waals surface area contributed by atoms with Crippen LogP contribution in [0.5, 0.6) is 0 Å². The van der Waals surface area contributed by atoms with Crippen molar-refractivity contribution in [1.82, 2.24) is 5.32 Å². The van der Waals surface area contributed by atoms with E-state index in [0.29, 0.717) is 12.2 Å². The Kier molecular flexibility index (Phi) is 5.03. The van der Waals surface area contributed by atoms with Gasteiger partial charge in [0.1, 0.15) is 5.60 Å². The number of carboxylic acids is 1. The SMILES string of the molecule is CCCNCCC1(C)CN(c2ccc(C(=O)O)cc2)C(=O)O1. The van der Waals surface area contributed by atoms with Crippen molar-refractivity contribution in [2.24, 2.45) is 0 Å². The smallest absolute Gasteiger partial charge is 0.415 e. The fourth-order valence-corrected chi connectivity index (χ4v) is 2.46. The number of aromatic carboxylic acids is 1. The number of nitrogens with one attached hydrogen (secondary N) is 1. The molecule has 2 rings (SSSR count). The van der Waals surface area contributed by atoms with E-state index in [1.807, 2.05) is 6.92 Å². The maximum atomic E-state index is 12.1. The lowest BCUT2D eigenvalue weighted by Crippen LogP contribution is -2.35. The van der Waals surface area contributed by atoms with Crippen molar-refractivity contribution in [2.75, 3.05) is 24.5 Å². The molecule has 120 valence electrons. The first-order valence-electron chi connectivity index (χ1n) is 7.50. The number of amides is 1. The van der Waals surface area contributed by atoms with Crippen LogP contribution in [0.1, 0.15) is 37.0 Å². The van der Waals surface area contributed by atoms with Gasteiger partial charge < -0.3 is 15.2 Å². The van der Waals surface area contributed by atoms with Gasteiger partial charge in [-0.1, -0.05) is 6.92 Å². The van der Waals surface area contributed by atoms with Gasteiger partial charge in [0.2, 0.25) is 0 Å². The molecular formula is C16H22N2O4. The summed E-state index contributed by atoms with van der Waals surface area (Å²) >= 11 is 0. The van der Waals surface area contributed by atoms with Crippen LogP contribution >= 0.6 is 0 Å². The first kappa shape index (κ1) is 16.3. The summed E-state index contributed by atoms with van der Waals surface area (Å²) in [5.74, 6) is -0.984. The summed E-state index contributed by atoms with van der Waals surface area (Å²) in [5, 5.41) is 12.2. The van der Waals surface area contributed by atoms with Gasteiger partial charge in [0.05, 0.1) is 12.1 Å². The highest BCUT2D eigenvalue weighted by Gasteiger charge is 2.41. The highest BCUT2D eigenvalue weighted by molar-refractivity contribution is 5.92. The first-order chi connectivity index (χ1) is 10.4. The number of rotatable bonds is 7. The number of hydrogen-bond acceptors (Lipinski definition) is 4. The average Bonchev–Trinajstić information content (AvgIpc) is 2.79. The molecule has 0 aromatic heterocycles. The average molecular weight is 306 g/mol. The third-order valence-corrected chi connectivity index (χ3v) is 3.73. The van der Waals surface area contributed by atoms with E-state index in [1.54, 1.807) is 17.0 Å². The van der Waals surface area contributed by atoms with E-state index in [1.165, 1.54) is 12.1 Å². The number of hydrogen-bond donors (Lipinski definition) is 2. The highest BCUT2D eigenvalue weighted by Crippen LogP contribution is 2.30. The van der Waals surface area contributed by atoms with Gasteiger partial charge in [-0.05, 0) is 50.7 Å². The van der Waals surface area contributed by atoms with Gasteiger partial charge in [0.15, 0.2) is 0 Å². The minimum atomic E-state index is -0.984. The van der Waals surface area contributed by atoms with Crippen LogP contribution in [-0.4, -0.2) is 42.4 Å². The normalized spacial score (nSPS) is 21.0. The Balaban J connectivity index is 2.00. The minimum Gasteiger partial charge on any atom is -0.478 e. The van der Waals surface area contributed by atoms with E-state index in [2.05, 4.69) is 12.2 Å². The second-order valence-electron chi connectivity index (χ2n) is 5.76. The molecule has 1 aromatic rings. The van der Waals surface area contributed by atoms with Gasteiger partial charge in [-0.15, -0.1) is 0 Å². The second kappa shape index (κ2) is 6.79. The van der Waals surface area contributed by atoms with Crippen LogP contribution in [0.15, 0.2) is 24.3 Å². The number of benzene rings is 1. The molecule has 1 aromatic carbocycles. The first-order valence-corrected chi connectivity index (χ1v) is 7.50. The van der Waals surface area contributed by atoms with Gasteiger partial charge in [-0.25, -0.2) is 9.59 Å². The van der Waals surface area contributed by atoms with Crippen LogP contribution in [0, 0.1) is 0 Å². The summed E-state index contributed by atoms with van der Waals surface area (Å²) in [7, 11) is 0. The number of nitrogens with zero attached hydrogens (tertiary/aromatic N) is 1. The second-order valence-corrected chi connectivity index (χ2v) is 5.76. The largest absolute Gasteiger partial charge is 0.478 e. The van der Waals surface area contributed by atoms with E-state index >= 15 is 0 Å². The lowest BCUT2D eigenvalue weighted by Gasteiger charge is -2.22. The number of ether oxygens (including phenoxy) is 1. The number of carboxylic acid groups (broad SMARTS) is 1. The predicted molar refractivity (Wildman–Crippen MR) is 83.4 cm³/mol. The lowest BCUT2D eigenvalue weighted by molar-refractivity contribution is 0.0652. The van der Waals surface area contributed by atoms with Crippen molar-refractivity contribution in [3.05, 3.63) is 29.8 Å². The molecule has 1 amide bonds. The monoisotopic (exact) mass is 306 g/mol. The topological polar surface area (TPSA) is 78.9 Å². The molecule has 2 N–H and O–H groups in total. The summed E-state index contributed by atoms with van der Waals surface area (Å²) in [5.41, 5.74) is 0.326. The summed E-state index contributed by atoms with van der Waals surface area (Å²) in [6, 6.07) is 6.24. The summed E-state index contributed by atoms with van der Waals surface area (Å²) in [4.78, 5) is 24.5. The molecule has 6 nitrogen and oxygen atoms in total. The molecule has 1 unspecified atom stereocenters. The molecule has 0 spiro atoms. The maximum Gasteiger partial charge on any atom is 0.415 e. The zero-order valence-electron chi connectivity index (χ0n) is 13.0. The molecule has 0 aliphatic carbocycles. The Morgan fingerprint density at radius 1 is 1.36 bits per heavy atom. The number of carbonyl (C=O) groups is 2. The van der Waals surface area contributed by atoms with Crippen LogP contribution in [0.2, 0.25) is 0 Å². The third-order valence-electron chi connectivity index (χ3n) is 3.73. The molecule has 1 heterocycles. The van der Waals surface area contributed by atoms with Crippen LogP contribution in [0.25, 0.3) is 0 Å². The minimum absolute atomic E-state index is 0.197. The van der Waals surface area contributed by atoms with Gasteiger partial charge in [-0.2, -0.15) is 0 Å². The van der Waals surface area contributed by atoms with E-state index in [9.17, 15) is 9.59 Å².